The molecule has 0 unspecified atom stereocenters. The molecule has 1 aliphatic rings. The van der Waals surface area contributed by atoms with E-state index in [0.717, 1.165) is 5.75 Å². The van der Waals surface area contributed by atoms with Crippen molar-refractivity contribution >= 4 is 24.4 Å². The Bertz CT molecular complexity index is 124. The second-order valence-corrected chi connectivity index (χ2v) is 5.62. The number of thioether (sulfide) groups is 1. The fourth-order valence-electron chi connectivity index (χ4n) is 1.80. The predicted molar refractivity (Wildman–Crippen MR) is 70.7 cm³/mol. The highest BCUT2D eigenvalue weighted by Crippen LogP contribution is 2.11. The van der Waals surface area contributed by atoms with Gasteiger partial charge in [0.1, 0.15) is 0 Å². The zero-order valence-electron chi connectivity index (χ0n) is 9.08. The summed E-state index contributed by atoms with van der Waals surface area (Å²) in [7, 11) is 0. The van der Waals surface area contributed by atoms with Gasteiger partial charge >= 0.3 is 0 Å². The molecule has 0 saturated carbocycles. The summed E-state index contributed by atoms with van der Waals surface area (Å²) in [6, 6.07) is 0. The second kappa shape index (κ2) is 8.93. The summed E-state index contributed by atoms with van der Waals surface area (Å²) in [6.45, 7) is 3.98. The highest BCUT2D eigenvalue weighted by molar-refractivity contribution is 7.99. The van der Waals surface area contributed by atoms with Crippen LogP contribution < -0.4 is 0 Å². The minimum atomic E-state index is 1.06. The molecule has 0 aromatic rings. The first-order chi connectivity index (χ1) is 6.93. The first-order valence-electron chi connectivity index (χ1n) is 5.84. The van der Waals surface area contributed by atoms with Crippen LogP contribution in [0.25, 0.3) is 0 Å². The zero-order valence-corrected chi connectivity index (χ0v) is 10.8. The summed E-state index contributed by atoms with van der Waals surface area (Å²) in [5.41, 5.74) is 0. The third-order valence-corrected chi connectivity index (χ3v) is 3.99. The van der Waals surface area contributed by atoms with E-state index in [-0.39, 0.29) is 0 Å². The fourth-order valence-corrected chi connectivity index (χ4v) is 3.00. The molecule has 3 heteroatoms. The lowest BCUT2D eigenvalue weighted by molar-refractivity contribution is 0.294. The molecular formula is C11H23NS2. The largest absolute Gasteiger partial charge is 0.302 e. The van der Waals surface area contributed by atoms with Crippen molar-refractivity contribution in [2.24, 2.45) is 0 Å². The molecule has 1 aliphatic heterocycles. The third-order valence-electron chi connectivity index (χ3n) is 2.74. The number of unbranched alkanes of at least 4 members (excludes halogenated alkanes) is 4. The Labute approximate surface area is 98.4 Å². The van der Waals surface area contributed by atoms with Crippen molar-refractivity contribution < 1.29 is 0 Å². The number of hydrogen-bond donors (Lipinski definition) is 1. The Hall–Kier alpha value is 0.660. The third kappa shape index (κ3) is 6.20. The maximum absolute atomic E-state index is 4.22. The molecule has 0 N–H and O–H groups in total. The van der Waals surface area contributed by atoms with Crippen molar-refractivity contribution in [3.8, 4) is 0 Å². The van der Waals surface area contributed by atoms with Crippen LogP contribution in [0.5, 0.6) is 0 Å². The first-order valence-corrected chi connectivity index (χ1v) is 7.63. The van der Waals surface area contributed by atoms with Crippen LogP contribution in [0.2, 0.25) is 0 Å². The predicted octanol–water partition coefficient (Wildman–Crippen LogP) is 2.92. The zero-order chi connectivity index (χ0) is 10.1. The summed E-state index contributed by atoms with van der Waals surface area (Å²) < 4.78 is 0. The first kappa shape index (κ1) is 12.7. The lowest BCUT2D eigenvalue weighted by Crippen LogP contribution is -2.33. The van der Waals surface area contributed by atoms with Gasteiger partial charge in [-0.05, 0) is 25.1 Å². The molecular weight excluding hydrogens is 210 g/mol. The Balaban J connectivity index is 1.82. The molecule has 14 heavy (non-hydrogen) atoms. The van der Waals surface area contributed by atoms with Crippen molar-refractivity contribution in [3.05, 3.63) is 0 Å². The van der Waals surface area contributed by atoms with E-state index in [1.807, 2.05) is 0 Å². The van der Waals surface area contributed by atoms with Gasteiger partial charge in [0.25, 0.3) is 0 Å². The molecule has 0 amide bonds. The lowest BCUT2D eigenvalue weighted by atomic mass is 10.1. The van der Waals surface area contributed by atoms with Gasteiger partial charge in [0.2, 0.25) is 0 Å². The van der Waals surface area contributed by atoms with Gasteiger partial charge < -0.3 is 4.90 Å². The molecule has 1 nitrogen and oxygen atoms in total. The minimum Gasteiger partial charge on any atom is -0.302 e. The van der Waals surface area contributed by atoms with Crippen LogP contribution in [-0.2, 0) is 0 Å². The van der Waals surface area contributed by atoms with E-state index in [0.29, 0.717) is 0 Å². The van der Waals surface area contributed by atoms with Crippen molar-refractivity contribution in [3.63, 3.8) is 0 Å². The van der Waals surface area contributed by atoms with Gasteiger partial charge in [0, 0.05) is 24.6 Å². The van der Waals surface area contributed by atoms with Crippen LogP contribution >= 0.6 is 24.4 Å². The van der Waals surface area contributed by atoms with Crippen molar-refractivity contribution in [1.29, 1.82) is 0 Å². The van der Waals surface area contributed by atoms with Gasteiger partial charge in [-0.2, -0.15) is 24.4 Å². The molecule has 0 atom stereocenters. The average Bonchev–Trinajstić information content (AvgIpc) is 2.25. The van der Waals surface area contributed by atoms with E-state index in [1.165, 1.54) is 63.2 Å². The molecule has 0 bridgehead atoms. The summed E-state index contributed by atoms with van der Waals surface area (Å²) >= 11 is 6.32. The number of rotatable bonds is 7. The highest BCUT2D eigenvalue weighted by Gasteiger charge is 2.08. The Morgan fingerprint density at radius 2 is 1.57 bits per heavy atom. The molecule has 0 aromatic carbocycles. The maximum atomic E-state index is 4.22. The van der Waals surface area contributed by atoms with E-state index in [1.54, 1.807) is 0 Å². The van der Waals surface area contributed by atoms with E-state index >= 15 is 0 Å². The average molecular weight is 233 g/mol. The molecule has 1 rings (SSSR count). The standard InChI is InChI=1S/C11H23NS2/c13-9-5-3-1-2-4-6-12-7-10-14-11-8-12/h13H,1-11H2. The van der Waals surface area contributed by atoms with E-state index in [4.69, 9.17) is 0 Å². The Morgan fingerprint density at radius 3 is 2.29 bits per heavy atom. The molecule has 0 radical (unpaired) electrons. The summed E-state index contributed by atoms with van der Waals surface area (Å²) in [5.74, 6) is 3.75. The summed E-state index contributed by atoms with van der Waals surface area (Å²) in [6.07, 6.45) is 6.89. The SMILES string of the molecule is SCCCCCCCN1CCSCC1. The smallest absolute Gasteiger partial charge is 0.00727 e. The van der Waals surface area contributed by atoms with E-state index < -0.39 is 0 Å². The van der Waals surface area contributed by atoms with Gasteiger partial charge in [0.15, 0.2) is 0 Å². The molecule has 1 saturated heterocycles. The number of hydrogen-bond acceptors (Lipinski definition) is 3. The van der Waals surface area contributed by atoms with Crippen LogP contribution in [0.15, 0.2) is 0 Å². The molecule has 1 fully saturated rings. The molecule has 0 aliphatic carbocycles. The number of thiol groups is 1. The van der Waals surface area contributed by atoms with Crippen molar-refractivity contribution in [2.45, 2.75) is 32.1 Å². The van der Waals surface area contributed by atoms with Crippen LogP contribution in [0.4, 0.5) is 0 Å². The van der Waals surface area contributed by atoms with Gasteiger partial charge in [-0.15, -0.1) is 0 Å². The van der Waals surface area contributed by atoms with Crippen molar-refractivity contribution in [1.82, 2.24) is 4.90 Å². The minimum absolute atomic E-state index is 1.06. The molecule has 84 valence electrons. The molecule has 1 heterocycles. The van der Waals surface area contributed by atoms with Crippen LogP contribution in [0, 0.1) is 0 Å². The van der Waals surface area contributed by atoms with Crippen LogP contribution in [0.1, 0.15) is 32.1 Å². The normalized spacial score (nSPS) is 18.6. The second-order valence-electron chi connectivity index (χ2n) is 3.95. The van der Waals surface area contributed by atoms with E-state index in [9.17, 15) is 0 Å². The van der Waals surface area contributed by atoms with Crippen LogP contribution in [0.3, 0.4) is 0 Å². The van der Waals surface area contributed by atoms with Gasteiger partial charge in [-0.1, -0.05) is 19.3 Å². The quantitative estimate of drug-likeness (QED) is 0.532. The molecule has 0 spiro atoms. The summed E-state index contributed by atoms with van der Waals surface area (Å²) in [5, 5.41) is 0. The Morgan fingerprint density at radius 1 is 0.929 bits per heavy atom. The molecule has 0 aromatic heterocycles. The van der Waals surface area contributed by atoms with Gasteiger partial charge in [-0.25, -0.2) is 0 Å². The fraction of sp³-hybridized carbons (Fsp3) is 1.00. The van der Waals surface area contributed by atoms with E-state index in [2.05, 4.69) is 29.3 Å². The van der Waals surface area contributed by atoms with Gasteiger partial charge in [-0.3, -0.25) is 0 Å². The lowest BCUT2D eigenvalue weighted by Gasteiger charge is -2.25. The van der Waals surface area contributed by atoms with Gasteiger partial charge in [0.05, 0.1) is 0 Å². The van der Waals surface area contributed by atoms with Crippen LogP contribution in [-0.4, -0.2) is 41.8 Å². The maximum Gasteiger partial charge on any atom is 0.00727 e. The topological polar surface area (TPSA) is 3.24 Å². The monoisotopic (exact) mass is 233 g/mol. The van der Waals surface area contributed by atoms with Crippen molar-refractivity contribution in [2.75, 3.05) is 36.9 Å². The number of nitrogens with zero attached hydrogens (tertiary/aromatic N) is 1. The highest BCUT2D eigenvalue weighted by atomic mass is 32.2. The Kier molecular flexibility index (Phi) is 8.12. The summed E-state index contributed by atoms with van der Waals surface area (Å²) in [4.78, 5) is 2.62.